The highest BCUT2D eigenvalue weighted by Gasteiger charge is 2.26. The molecule has 0 aliphatic rings. The standard InChI is InChI=1S/C54H24/c1-4-25-10-13-28-16-20-35-50-40-22-37-31(7-1)43(25)46-29-14-11-26-5-2-8-32-38(53(35)47(28)44(26)32)24-42(50)51-36-21-18-30-15-12-27-6-3-9-33-39(54(36)48(30)45(27)33)23-41(51)49(40)34(19-17-29)52(37)46/h1-24H. The molecule has 0 aliphatic heterocycles. The van der Waals surface area contributed by atoms with Crippen molar-refractivity contribution >= 4 is 162 Å². The predicted molar refractivity (Wildman–Crippen MR) is 236 cm³/mol. The van der Waals surface area contributed by atoms with Crippen LogP contribution in [-0.4, -0.2) is 0 Å². The van der Waals surface area contributed by atoms with Crippen molar-refractivity contribution in [2.75, 3.05) is 0 Å². The summed E-state index contributed by atoms with van der Waals surface area (Å²) in [6.07, 6.45) is 0. The minimum absolute atomic E-state index is 1.28. The van der Waals surface area contributed by atoms with Crippen molar-refractivity contribution in [3.63, 3.8) is 0 Å². The van der Waals surface area contributed by atoms with Gasteiger partial charge in [0.25, 0.3) is 0 Å². The van der Waals surface area contributed by atoms with E-state index >= 15 is 0 Å². The Morgan fingerprint density at radius 1 is 0.148 bits per heavy atom. The molecule has 0 saturated carbocycles. The lowest BCUT2D eigenvalue weighted by Crippen LogP contribution is -1.90. The molecule has 16 aromatic carbocycles. The second kappa shape index (κ2) is 8.13. The van der Waals surface area contributed by atoms with Crippen LogP contribution in [0.15, 0.2) is 146 Å². The molecule has 0 nitrogen and oxygen atoms in total. The highest BCUT2D eigenvalue weighted by molar-refractivity contribution is 6.52. The van der Waals surface area contributed by atoms with Gasteiger partial charge in [-0.1, -0.05) is 127 Å². The molecule has 0 heterocycles. The molecule has 0 atom stereocenters. The molecule has 0 aliphatic carbocycles. The van der Waals surface area contributed by atoms with Gasteiger partial charge in [-0.3, -0.25) is 0 Å². The molecule has 16 rings (SSSR count). The van der Waals surface area contributed by atoms with E-state index in [1.54, 1.807) is 0 Å². The van der Waals surface area contributed by atoms with Crippen molar-refractivity contribution in [2.45, 2.75) is 0 Å². The Labute approximate surface area is 306 Å². The Balaban J connectivity index is 1.39. The molecule has 54 heavy (non-hydrogen) atoms. The van der Waals surface area contributed by atoms with Crippen molar-refractivity contribution in [1.82, 2.24) is 0 Å². The fraction of sp³-hybridized carbons (Fsp3) is 0. The number of hydrogen-bond donors (Lipinski definition) is 0. The maximum Gasteiger partial charge on any atom is -0.00134 e. The second-order valence-corrected chi connectivity index (χ2v) is 16.2. The lowest BCUT2D eigenvalue weighted by atomic mass is 9.84. The second-order valence-electron chi connectivity index (χ2n) is 16.2. The molecule has 240 valence electrons. The summed E-state index contributed by atoms with van der Waals surface area (Å²) in [4.78, 5) is 0. The van der Waals surface area contributed by atoms with E-state index in [2.05, 4.69) is 146 Å². The van der Waals surface area contributed by atoms with E-state index in [1.165, 1.54) is 162 Å². The molecule has 16 aromatic rings. The van der Waals surface area contributed by atoms with Crippen molar-refractivity contribution in [3.8, 4) is 0 Å². The van der Waals surface area contributed by atoms with Crippen LogP contribution < -0.4 is 0 Å². The highest BCUT2D eigenvalue weighted by atomic mass is 14.3. The monoisotopic (exact) mass is 672 g/mol. The van der Waals surface area contributed by atoms with E-state index in [9.17, 15) is 0 Å². The minimum Gasteiger partial charge on any atom is -0.0610 e. The fourth-order valence-corrected chi connectivity index (χ4v) is 12.1. The molecule has 0 aromatic heterocycles. The molecule has 0 saturated heterocycles. The third-order valence-corrected chi connectivity index (χ3v) is 14.0. The van der Waals surface area contributed by atoms with Crippen molar-refractivity contribution in [3.05, 3.63) is 146 Å². The summed E-state index contributed by atoms with van der Waals surface area (Å²) in [5.74, 6) is 0. The van der Waals surface area contributed by atoms with Gasteiger partial charge in [0.2, 0.25) is 0 Å². The predicted octanol–water partition coefficient (Wildman–Crippen LogP) is 15.6. The lowest BCUT2D eigenvalue weighted by molar-refractivity contribution is 1.86. The zero-order valence-corrected chi connectivity index (χ0v) is 28.9. The summed E-state index contributed by atoms with van der Waals surface area (Å²) in [6, 6.07) is 57.3. The Morgan fingerprint density at radius 2 is 0.426 bits per heavy atom. The number of rotatable bonds is 0. The van der Waals surface area contributed by atoms with Gasteiger partial charge in [0.05, 0.1) is 0 Å². The SMILES string of the molecule is c1cc2ccc3ccc4c5c(cc6c(c1)c2c3c64)c1c2cc3c4cccc6ccc7ccc8c2c5cc2c5cccc(ccc9ccc1c3c9c64)c5c7c28. The lowest BCUT2D eigenvalue weighted by Gasteiger charge is -2.18. The first-order valence-electron chi connectivity index (χ1n) is 19.2. The summed E-state index contributed by atoms with van der Waals surface area (Å²) in [5.41, 5.74) is 0. The first-order valence-corrected chi connectivity index (χ1v) is 19.2. The van der Waals surface area contributed by atoms with Crippen LogP contribution in [0, 0.1) is 0 Å². The van der Waals surface area contributed by atoms with E-state index in [0.29, 0.717) is 0 Å². The van der Waals surface area contributed by atoms with Crippen molar-refractivity contribution in [1.29, 1.82) is 0 Å². The van der Waals surface area contributed by atoms with Gasteiger partial charge in [-0.05, 0) is 180 Å². The van der Waals surface area contributed by atoms with E-state index in [4.69, 9.17) is 0 Å². The Kier molecular flexibility index (Phi) is 3.89. The van der Waals surface area contributed by atoms with Gasteiger partial charge in [-0.2, -0.15) is 0 Å². The van der Waals surface area contributed by atoms with Gasteiger partial charge in [0.15, 0.2) is 0 Å². The van der Waals surface area contributed by atoms with Crippen LogP contribution in [0.25, 0.3) is 162 Å². The molecule has 0 N–H and O–H groups in total. The minimum atomic E-state index is 1.28. The zero-order valence-electron chi connectivity index (χ0n) is 28.9. The first-order chi connectivity index (χ1) is 26.8. The largest absolute Gasteiger partial charge is 0.0610 e. The normalized spacial score (nSPS) is 13.6. The van der Waals surface area contributed by atoms with Crippen LogP contribution in [0.5, 0.6) is 0 Å². The average molecular weight is 673 g/mol. The molecule has 0 unspecified atom stereocenters. The third kappa shape index (κ3) is 2.54. The van der Waals surface area contributed by atoms with Crippen LogP contribution >= 0.6 is 0 Å². The summed E-state index contributed by atoms with van der Waals surface area (Å²) in [5, 5.41) is 40.7. The van der Waals surface area contributed by atoms with Crippen molar-refractivity contribution in [2.24, 2.45) is 0 Å². The number of hydrogen-bond acceptors (Lipinski definition) is 0. The maximum absolute atomic E-state index is 2.59. The Hall–Kier alpha value is -7.02. The van der Waals surface area contributed by atoms with Gasteiger partial charge >= 0.3 is 0 Å². The molecule has 0 heteroatoms. The first kappa shape index (κ1) is 25.9. The molecule has 0 fully saturated rings. The summed E-state index contributed by atoms with van der Waals surface area (Å²) in [6.45, 7) is 0. The molecular formula is C54H24. The quantitative estimate of drug-likeness (QED) is 0.141. The van der Waals surface area contributed by atoms with Gasteiger partial charge in [0, 0.05) is 0 Å². The number of fused-ring (bicyclic) bond motifs is 9. The summed E-state index contributed by atoms with van der Waals surface area (Å²) in [7, 11) is 0. The molecule has 7 bridgehead atoms. The van der Waals surface area contributed by atoms with Crippen LogP contribution in [-0.2, 0) is 0 Å². The molecule has 0 radical (unpaired) electrons. The van der Waals surface area contributed by atoms with Gasteiger partial charge < -0.3 is 0 Å². The third-order valence-electron chi connectivity index (χ3n) is 14.0. The molecular weight excluding hydrogens is 649 g/mol. The van der Waals surface area contributed by atoms with Gasteiger partial charge in [-0.25, -0.2) is 0 Å². The van der Waals surface area contributed by atoms with E-state index < -0.39 is 0 Å². The molecule has 0 spiro atoms. The van der Waals surface area contributed by atoms with E-state index in [-0.39, 0.29) is 0 Å². The van der Waals surface area contributed by atoms with Crippen LogP contribution in [0.1, 0.15) is 0 Å². The van der Waals surface area contributed by atoms with Crippen LogP contribution in [0.2, 0.25) is 0 Å². The Morgan fingerprint density at radius 3 is 0.741 bits per heavy atom. The maximum atomic E-state index is 2.59. The highest BCUT2D eigenvalue weighted by Crippen LogP contribution is 2.55. The number of benzene rings is 11. The van der Waals surface area contributed by atoms with Crippen molar-refractivity contribution < 1.29 is 0 Å². The van der Waals surface area contributed by atoms with E-state index in [0.717, 1.165) is 0 Å². The average Bonchev–Trinajstić information content (AvgIpc) is 3.85. The fourth-order valence-electron chi connectivity index (χ4n) is 12.1. The Bertz CT molecular complexity index is 4330. The molecule has 0 amide bonds. The van der Waals surface area contributed by atoms with Gasteiger partial charge in [0.1, 0.15) is 0 Å². The van der Waals surface area contributed by atoms with E-state index in [1.807, 2.05) is 0 Å². The summed E-state index contributed by atoms with van der Waals surface area (Å²) >= 11 is 0. The summed E-state index contributed by atoms with van der Waals surface area (Å²) < 4.78 is 0. The topological polar surface area (TPSA) is 0 Å². The van der Waals surface area contributed by atoms with Crippen LogP contribution in [0.4, 0.5) is 0 Å². The zero-order chi connectivity index (χ0) is 34.3. The van der Waals surface area contributed by atoms with Crippen LogP contribution in [0.3, 0.4) is 0 Å². The van der Waals surface area contributed by atoms with Gasteiger partial charge in [-0.15, -0.1) is 0 Å². The smallest absolute Gasteiger partial charge is 0.00134 e.